The fraction of sp³-hybridized carbons (Fsp3) is 0.143. The normalized spacial score (nSPS) is 14.1. The third kappa shape index (κ3) is 1.08. The van der Waals surface area contributed by atoms with Crippen LogP contribution in [-0.4, -0.2) is 37.1 Å². The molecule has 9 heteroatoms. The second-order valence-corrected chi connectivity index (χ2v) is 4.14. The number of ether oxygens (including phenoxy) is 1. The first-order chi connectivity index (χ1) is 7.66. The molecule has 0 unspecified atom stereocenters. The van der Waals surface area contributed by atoms with Crippen molar-refractivity contribution in [2.75, 3.05) is 0 Å². The zero-order valence-electron chi connectivity index (χ0n) is 7.87. The largest absolute Gasteiger partial charge is 0.383 e. The summed E-state index contributed by atoms with van der Waals surface area (Å²) in [5.74, 6) is -1.55. The highest BCUT2D eigenvalue weighted by Crippen LogP contribution is 2.22. The number of carbonyl (C=O) groups excluding carboxylic acids is 2. The lowest BCUT2D eigenvalue weighted by molar-refractivity contribution is 0.0434. The molecule has 0 aliphatic carbocycles. The van der Waals surface area contributed by atoms with Crippen LogP contribution < -0.4 is 0 Å². The van der Waals surface area contributed by atoms with E-state index in [9.17, 15) is 9.59 Å². The van der Waals surface area contributed by atoms with E-state index in [-0.39, 0.29) is 11.4 Å². The Morgan fingerprint density at radius 2 is 2.00 bits per heavy atom. The first kappa shape index (κ1) is 9.09. The topological polar surface area (TPSA) is 99.9 Å². The molecule has 0 fully saturated rings. The Morgan fingerprint density at radius 1 is 1.19 bits per heavy atom. The lowest BCUT2D eigenvalue weighted by atomic mass is 10.4. The van der Waals surface area contributed by atoms with Crippen molar-refractivity contribution in [3.8, 4) is 5.13 Å². The third-order valence-corrected chi connectivity index (χ3v) is 2.75. The van der Waals surface area contributed by atoms with E-state index in [0.29, 0.717) is 5.13 Å². The maximum absolute atomic E-state index is 11.4. The van der Waals surface area contributed by atoms with Gasteiger partial charge < -0.3 is 4.74 Å². The minimum absolute atomic E-state index is 0.00106. The Balaban J connectivity index is 2.21. The Bertz CT molecular complexity index is 615. The van der Waals surface area contributed by atoms with Gasteiger partial charge >= 0.3 is 11.9 Å². The van der Waals surface area contributed by atoms with Crippen LogP contribution in [0.3, 0.4) is 0 Å². The molecule has 8 nitrogen and oxygen atoms in total. The number of hydrogen-bond acceptors (Lipinski definition) is 8. The minimum Gasteiger partial charge on any atom is -0.383 e. The maximum atomic E-state index is 11.4. The zero-order chi connectivity index (χ0) is 11.3. The van der Waals surface area contributed by atoms with Crippen molar-refractivity contribution >= 4 is 23.3 Å². The molecule has 3 heterocycles. The highest BCUT2D eigenvalue weighted by molar-refractivity contribution is 7.13. The Labute approximate surface area is 91.9 Å². The van der Waals surface area contributed by atoms with Crippen molar-refractivity contribution in [2.24, 2.45) is 0 Å². The van der Waals surface area contributed by atoms with Crippen molar-refractivity contribution in [3.63, 3.8) is 0 Å². The van der Waals surface area contributed by atoms with Crippen molar-refractivity contribution in [3.05, 3.63) is 16.4 Å². The van der Waals surface area contributed by atoms with E-state index in [1.807, 2.05) is 0 Å². The van der Waals surface area contributed by atoms with Crippen LogP contribution in [0.15, 0.2) is 0 Å². The molecular weight excluding hydrogens is 234 g/mol. The number of cyclic esters (lactones) is 2. The van der Waals surface area contributed by atoms with E-state index in [0.717, 1.165) is 9.69 Å². The average Bonchev–Trinajstić information content (AvgIpc) is 2.86. The second-order valence-electron chi connectivity index (χ2n) is 2.98. The highest BCUT2D eigenvalue weighted by Gasteiger charge is 2.37. The molecule has 0 N–H and O–H groups in total. The summed E-state index contributed by atoms with van der Waals surface area (Å²) < 4.78 is 5.56. The SMILES string of the molecule is Cc1nnc(-n2nnc3c2C(=O)OC3=O)s1. The summed E-state index contributed by atoms with van der Waals surface area (Å²) in [5, 5.41) is 15.9. The van der Waals surface area contributed by atoms with Gasteiger partial charge in [0.1, 0.15) is 5.01 Å². The van der Waals surface area contributed by atoms with Crippen LogP contribution in [0, 0.1) is 6.92 Å². The molecule has 0 spiro atoms. The molecule has 0 atom stereocenters. The second kappa shape index (κ2) is 2.92. The van der Waals surface area contributed by atoms with Crippen molar-refractivity contribution in [2.45, 2.75) is 6.92 Å². The van der Waals surface area contributed by atoms with Gasteiger partial charge in [0.2, 0.25) is 10.8 Å². The summed E-state index contributed by atoms with van der Waals surface area (Å²) >= 11 is 1.23. The zero-order valence-corrected chi connectivity index (χ0v) is 8.69. The average molecular weight is 237 g/mol. The van der Waals surface area contributed by atoms with Crippen molar-refractivity contribution < 1.29 is 14.3 Å². The smallest absolute Gasteiger partial charge is 0.369 e. The van der Waals surface area contributed by atoms with Crippen LogP contribution in [0.5, 0.6) is 0 Å². The van der Waals surface area contributed by atoms with Gasteiger partial charge in [-0.15, -0.1) is 15.3 Å². The lowest BCUT2D eigenvalue weighted by Gasteiger charge is -1.94. The summed E-state index contributed by atoms with van der Waals surface area (Å²) in [6, 6.07) is 0. The Hall–Kier alpha value is -2.16. The molecule has 0 aromatic carbocycles. The van der Waals surface area contributed by atoms with Crippen LogP contribution in [-0.2, 0) is 4.74 Å². The van der Waals surface area contributed by atoms with Crippen LogP contribution in [0.2, 0.25) is 0 Å². The van der Waals surface area contributed by atoms with Crippen LogP contribution in [0.4, 0.5) is 0 Å². The molecular formula is C7H3N5O3S. The minimum atomic E-state index is -0.785. The van der Waals surface area contributed by atoms with Crippen LogP contribution in [0.25, 0.3) is 5.13 Å². The number of esters is 2. The molecule has 16 heavy (non-hydrogen) atoms. The summed E-state index contributed by atoms with van der Waals surface area (Å²) in [6.07, 6.45) is 0. The lowest BCUT2D eigenvalue weighted by Crippen LogP contribution is -2.08. The predicted octanol–water partition coefficient (Wildman–Crippen LogP) is -0.262. The van der Waals surface area contributed by atoms with Gasteiger partial charge in [-0.25, -0.2) is 9.59 Å². The first-order valence-corrected chi connectivity index (χ1v) is 5.01. The number of hydrogen-bond donors (Lipinski definition) is 0. The standard InChI is InChI=1S/C7H3N5O3S/c1-2-8-10-7(16-2)12-4-3(9-11-12)5(13)15-6(4)14/h1H3. The van der Waals surface area contributed by atoms with E-state index in [2.05, 4.69) is 25.2 Å². The van der Waals surface area contributed by atoms with E-state index in [1.54, 1.807) is 6.92 Å². The summed E-state index contributed by atoms with van der Waals surface area (Å²) in [7, 11) is 0. The van der Waals surface area contributed by atoms with E-state index < -0.39 is 11.9 Å². The van der Waals surface area contributed by atoms with Gasteiger partial charge in [-0.2, -0.15) is 4.68 Å². The predicted molar refractivity (Wildman–Crippen MR) is 49.3 cm³/mol. The third-order valence-electron chi connectivity index (χ3n) is 1.94. The fourth-order valence-electron chi connectivity index (χ4n) is 1.29. The monoisotopic (exact) mass is 237 g/mol. The summed E-state index contributed by atoms with van der Waals surface area (Å²) in [6.45, 7) is 1.77. The van der Waals surface area contributed by atoms with Crippen LogP contribution >= 0.6 is 11.3 Å². The summed E-state index contributed by atoms with van der Waals surface area (Å²) in [4.78, 5) is 22.5. The molecule has 0 saturated heterocycles. The van der Waals surface area contributed by atoms with Crippen molar-refractivity contribution in [1.82, 2.24) is 25.2 Å². The van der Waals surface area contributed by atoms with Gasteiger partial charge in [-0.1, -0.05) is 16.6 Å². The number of fused-ring (bicyclic) bond motifs is 1. The summed E-state index contributed by atoms with van der Waals surface area (Å²) in [5.41, 5.74) is -0.0843. The molecule has 0 bridgehead atoms. The molecule has 2 aromatic rings. The van der Waals surface area contributed by atoms with E-state index in [4.69, 9.17) is 0 Å². The van der Waals surface area contributed by atoms with Gasteiger partial charge in [0.25, 0.3) is 0 Å². The highest BCUT2D eigenvalue weighted by atomic mass is 32.1. The van der Waals surface area contributed by atoms with E-state index in [1.165, 1.54) is 11.3 Å². The molecule has 2 aromatic heterocycles. The molecule has 0 amide bonds. The van der Waals surface area contributed by atoms with Gasteiger partial charge in [0, 0.05) is 0 Å². The van der Waals surface area contributed by atoms with Gasteiger partial charge in [-0.05, 0) is 6.92 Å². The Kier molecular flexibility index (Phi) is 1.66. The molecule has 1 aliphatic heterocycles. The fourth-order valence-corrected chi connectivity index (χ4v) is 1.93. The van der Waals surface area contributed by atoms with Crippen LogP contribution in [0.1, 0.15) is 26.0 Å². The maximum Gasteiger partial charge on any atom is 0.369 e. The van der Waals surface area contributed by atoms with E-state index >= 15 is 0 Å². The van der Waals surface area contributed by atoms with Crippen molar-refractivity contribution in [1.29, 1.82) is 0 Å². The van der Waals surface area contributed by atoms with Gasteiger partial charge in [0.15, 0.2) is 5.69 Å². The van der Waals surface area contributed by atoms with Gasteiger partial charge in [-0.3, -0.25) is 0 Å². The molecule has 1 aliphatic rings. The molecule has 80 valence electrons. The quantitative estimate of drug-likeness (QED) is 0.497. The number of aromatic nitrogens is 5. The number of nitrogens with zero attached hydrogens (tertiary/aromatic N) is 5. The number of rotatable bonds is 1. The molecule has 0 radical (unpaired) electrons. The first-order valence-electron chi connectivity index (χ1n) is 4.19. The number of carbonyl (C=O) groups is 2. The number of aryl methyl sites for hydroxylation is 1. The molecule has 0 saturated carbocycles. The van der Waals surface area contributed by atoms with Gasteiger partial charge in [0.05, 0.1) is 0 Å². The molecule has 3 rings (SSSR count). The Morgan fingerprint density at radius 3 is 2.69 bits per heavy atom.